The average molecular weight is 582 g/mol. The topological polar surface area (TPSA) is 150 Å². The average Bonchev–Trinajstić information content (AvgIpc) is 2.88. The zero-order valence-electron chi connectivity index (χ0n) is 25.7. The summed E-state index contributed by atoms with van der Waals surface area (Å²) in [6.07, 6.45) is 1.44. The van der Waals surface area contributed by atoms with Crippen molar-refractivity contribution < 1.29 is 47.6 Å². The molecule has 0 saturated heterocycles. The normalized spacial score (nSPS) is 13.0. The van der Waals surface area contributed by atoms with E-state index < -0.39 is 41.6 Å². The van der Waals surface area contributed by atoms with Crippen molar-refractivity contribution in [2.45, 2.75) is 124 Å². The molecule has 2 N–H and O–H groups in total. The molecule has 1 rings (SSSR count). The SMILES string of the molecule is CCCCCC(=O)OC[C@H](C)OC(=O)[C@@H](N)Cc1ccc(OC(=O)OC(C)(C)CC)c(OC(=O)OC(C)(C)CC)c1. The van der Waals surface area contributed by atoms with Gasteiger partial charge in [0.1, 0.15) is 30.0 Å². The molecule has 0 bridgehead atoms. The number of carbonyl (C=O) groups excluding carboxylic acids is 4. The summed E-state index contributed by atoms with van der Waals surface area (Å²) in [6, 6.07) is 3.32. The zero-order valence-corrected chi connectivity index (χ0v) is 25.7. The lowest BCUT2D eigenvalue weighted by molar-refractivity contribution is -0.159. The maximum Gasteiger partial charge on any atom is 0.514 e. The van der Waals surface area contributed by atoms with Crippen molar-refractivity contribution in [2.24, 2.45) is 5.73 Å². The third kappa shape index (κ3) is 14.2. The van der Waals surface area contributed by atoms with E-state index >= 15 is 0 Å². The fourth-order valence-corrected chi connectivity index (χ4v) is 3.12. The van der Waals surface area contributed by atoms with Crippen LogP contribution in [-0.2, 0) is 35.0 Å². The van der Waals surface area contributed by atoms with Gasteiger partial charge in [0.05, 0.1) is 0 Å². The van der Waals surface area contributed by atoms with Crippen molar-refractivity contribution in [3.05, 3.63) is 23.8 Å². The number of ether oxygens (including phenoxy) is 6. The van der Waals surface area contributed by atoms with Gasteiger partial charge in [-0.15, -0.1) is 0 Å². The van der Waals surface area contributed by atoms with Gasteiger partial charge in [-0.3, -0.25) is 9.59 Å². The predicted octanol–water partition coefficient (Wildman–Crippen LogP) is 6.02. The third-order valence-corrected chi connectivity index (χ3v) is 6.36. The summed E-state index contributed by atoms with van der Waals surface area (Å²) in [5.41, 5.74) is 5.02. The summed E-state index contributed by atoms with van der Waals surface area (Å²) in [5.74, 6) is -1.24. The van der Waals surface area contributed by atoms with Gasteiger partial charge in [-0.05, 0) is 78.0 Å². The first kappa shape index (κ1) is 35.7. The Bertz CT molecular complexity index is 1020. The molecule has 11 nitrogen and oxygen atoms in total. The van der Waals surface area contributed by atoms with Gasteiger partial charge in [0.2, 0.25) is 0 Å². The Hall–Kier alpha value is -3.34. The van der Waals surface area contributed by atoms with Gasteiger partial charge in [-0.1, -0.05) is 39.7 Å². The number of hydrogen-bond acceptors (Lipinski definition) is 11. The minimum atomic E-state index is -1.07. The van der Waals surface area contributed by atoms with E-state index in [1.807, 2.05) is 20.8 Å². The van der Waals surface area contributed by atoms with Gasteiger partial charge >= 0.3 is 24.2 Å². The molecule has 0 aromatic heterocycles. The van der Waals surface area contributed by atoms with E-state index in [9.17, 15) is 19.2 Å². The van der Waals surface area contributed by atoms with Crippen LogP contribution in [-0.4, -0.2) is 54.2 Å². The molecular formula is C30H47NO10. The molecule has 0 fully saturated rings. The van der Waals surface area contributed by atoms with Gasteiger partial charge < -0.3 is 34.2 Å². The molecule has 0 heterocycles. The highest BCUT2D eigenvalue weighted by molar-refractivity contribution is 5.76. The molecule has 2 atom stereocenters. The van der Waals surface area contributed by atoms with Gasteiger partial charge in [0.25, 0.3) is 0 Å². The van der Waals surface area contributed by atoms with Crippen molar-refractivity contribution >= 4 is 24.2 Å². The van der Waals surface area contributed by atoms with E-state index in [1.54, 1.807) is 40.7 Å². The van der Waals surface area contributed by atoms with E-state index in [0.29, 0.717) is 24.8 Å². The second-order valence-electron chi connectivity index (χ2n) is 11.1. The molecule has 232 valence electrons. The van der Waals surface area contributed by atoms with E-state index in [-0.39, 0.29) is 30.5 Å². The predicted molar refractivity (Wildman–Crippen MR) is 152 cm³/mol. The van der Waals surface area contributed by atoms with Crippen LogP contribution in [0, 0.1) is 0 Å². The van der Waals surface area contributed by atoms with Gasteiger partial charge in [-0.2, -0.15) is 0 Å². The Morgan fingerprint density at radius 2 is 1.41 bits per heavy atom. The molecule has 0 aliphatic carbocycles. The summed E-state index contributed by atoms with van der Waals surface area (Å²) in [6.45, 7) is 14.2. The van der Waals surface area contributed by atoms with Gasteiger partial charge in [-0.25, -0.2) is 9.59 Å². The molecule has 0 aliphatic rings. The highest BCUT2D eigenvalue weighted by Crippen LogP contribution is 2.31. The fourth-order valence-electron chi connectivity index (χ4n) is 3.12. The summed E-state index contributed by atoms with van der Waals surface area (Å²) >= 11 is 0. The number of esters is 2. The number of hydrogen-bond donors (Lipinski definition) is 1. The molecule has 0 spiro atoms. The molecule has 11 heteroatoms. The maximum atomic E-state index is 12.6. The van der Waals surface area contributed by atoms with Gasteiger partial charge in [0, 0.05) is 6.42 Å². The Morgan fingerprint density at radius 1 is 0.854 bits per heavy atom. The highest BCUT2D eigenvalue weighted by Gasteiger charge is 2.27. The van der Waals surface area contributed by atoms with E-state index in [0.717, 1.165) is 19.3 Å². The van der Waals surface area contributed by atoms with Crippen LogP contribution in [0.4, 0.5) is 9.59 Å². The zero-order chi connectivity index (χ0) is 31.2. The van der Waals surface area contributed by atoms with Crippen LogP contribution in [0.2, 0.25) is 0 Å². The summed E-state index contributed by atoms with van der Waals surface area (Å²) < 4.78 is 31.9. The maximum absolute atomic E-state index is 12.6. The Kier molecular flexibility index (Phi) is 14.6. The first-order chi connectivity index (χ1) is 19.1. The molecule has 0 radical (unpaired) electrons. The number of benzene rings is 1. The van der Waals surface area contributed by atoms with E-state index in [4.69, 9.17) is 34.2 Å². The standard InChI is InChI=1S/C30H47NO10/c1-9-12-13-14-25(32)36-19-20(4)37-26(33)22(31)17-21-15-16-23(38-27(34)40-29(5,6)10-2)24(18-21)39-28(35)41-30(7,8)11-3/h15-16,18,20,22H,9-14,17,19,31H2,1-8H3/t20-,22-/m0/s1. The minimum absolute atomic E-state index is 0.0157. The first-order valence-corrected chi connectivity index (χ1v) is 14.2. The van der Waals surface area contributed by atoms with Crippen LogP contribution < -0.4 is 15.2 Å². The highest BCUT2D eigenvalue weighted by atomic mass is 16.8. The fraction of sp³-hybridized carbons (Fsp3) is 0.667. The van der Waals surface area contributed by atoms with Crippen molar-refractivity contribution in [1.29, 1.82) is 0 Å². The van der Waals surface area contributed by atoms with Crippen LogP contribution in [0.5, 0.6) is 11.5 Å². The number of nitrogens with two attached hydrogens (primary N) is 1. The Balaban J connectivity index is 2.93. The lowest BCUT2D eigenvalue weighted by Gasteiger charge is -2.24. The van der Waals surface area contributed by atoms with Crippen LogP contribution >= 0.6 is 0 Å². The third-order valence-electron chi connectivity index (χ3n) is 6.36. The second-order valence-corrected chi connectivity index (χ2v) is 11.1. The van der Waals surface area contributed by atoms with Crippen LogP contribution in [0.15, 0.2) is 18.2 Å². The first-order valence-electron chi connectivity index (χ1n) is 14.2. The summed E-state index contributed by atoms with van der Waals surface area (Å²) in [5, 5.41) is 0. The van der Waals surface area contributed by atoms with E-state index in [1.165, 1.54) is 12.1 Å². The molecule has 41 heavy (non-hydrogen) atoms. The minimum Gasteiger partial charge on any atom is -0.462 e. The molecule has 0 amide bonds. The quantitative estimate of drug-likeness (QED) is 0.106. The van der Waals surface area contributed by atoms with Crippen molar-refractivity contribution in [3.63, 3.8) is 0 Å². The van der Waals surface area contributed by atoms with Crippen LogP contribution in [0.3, 0.4) is 0 Å². The molecule has 1 aromatic carbocycles. The number of unbranched alkanes of at least 4 members (excludes halogenated alkanes) is 2. The molecule has 0 aliphatic heterocycles. The number of rotatable bonds is 16. The van der Waals surface area contributed by atoms with Gasteiger partial charge in [0.15, 0.2) is 11.5 Å². The largest absolute Gasteiger partial charge is 0.514 e. The van der Waals surface area contributed by atoms with Crippen molar-refractivity contribution in [2.75, 3.05) is 6.61 Å². The second kappa shape index (κ2) is 16.8. The molecule has 0 unspecified atom stereocenters. The van der Waals surface area contributed by atoms with Crippen LogP contribution in [0.25, 0.3) is 0 Å². The van der Waals surface area contributed by atoms with Crippen molar-refractivity contribution in [1.82, 2.24) is 0 Å². The smallest absolute Gasteiger partial charge is 0.462 e. The summed E-state index contributed by atoms with van der Waals surface area (Å²) in [7, 11) is 0. The Morgan fingerprint density at radius 3 is 1.95 bits per heavy atom. The molecule has 1 aromatic rings. The molecular weight excluding hydrogens is 534 g/mol. The lowest BCUT2D eigenvalue weighted by atomic mass is 10.1. The lowest BCUT2D eigenvalue weighted by Crippen LogP contribution is -2.37. The van der Waals surface area contributed by atoms with E-state index in [2.05, 4.69) is 0 Å². The number of carbonyl (C=O) groups is 4. The molecule has 0 saturated carbocycles. The van der Waals surface area contributed by atoms with Crippen molar-refractivity contribution in [3.8, 4) is 11.5 Å². The summed E-state index contributed by atoms with van der Waals surface area (Å²) in [4.78, 5) is 49.2. The van der Waals surface area contributed by atoms with Crippen LogP contribution in [0.1, 0.15) is 99.5 Å². The monoisotopic (exact) mass is 581 g/mol. The Labute approximate surface area is 243 Å².